The molecular formula is C28H45N5. The second-order valence-electron chi connectivity index (χ2n) is 9.59. The standard InChI is InChI=1S/C18H23N5.C7H14.C3H8/c1-12(2)18(19)23-7-6-14-8-13(4-5-16(14)23)9-15-10-17(20-3)22-11-21-15;1-5-6-7(2,3)4;1-3-2/h4-5,8,10-11,18H,1,6-7,9,19H2,2-3H3,(H,20,21,22);5-6H,1-4H3;3H2,1-2H3/b;6-5+;. The Balaban J connectivity index is 0.000000462. The first-order valence-electron chi connectivity index (χ1n) is 12.0. The highest BCUT2D eigenvalue weighted by Crippen LogP contribution is 2.31. The Bertz CT molecular complexity index is 895. The number of anilines is 2. The van der Waals surface area contributed by atoms with E-state index in [0.29, 0.717) is 5.41 Å². The largest absolute Gasteiger partial charge is 0.373 e. The molecule has 5 nitrogen and oxygen atoms in total. The first-order valence-corrected chi connectivity index (χ1v) is 12.0. The molecule has 3 rings (SSSR count). The molecule has 0 saturated heterocycles. The van der Waals surface area contributed by atoms with Gasteiger partial charge in [0.05, 0.1) is 11.9 Å². The molecule has 33 heavy (non-hydrogen) atoms. The number of nitrogens with two attached hydrogens (primary N) is 1. The number of hydrogen-bond acceptors (Lipinski definition) is 5. The summed E-state index contributed by atoms with van der Waals surface area (Å²) < 4.78 is 0. The van der Waals surface area contributed by atoms with Crippen molar-refractivity contribution in [1.29, 1.82) is 0 Å². The van der Waals surface area contributed by atoms with Crippen molar-refractivity contribution in [3.05, 3.63) is 71.7 Å². The van der Waals surface area contributed by atoms with Gasteiger partial charge in [0, 0.05) is 31.8 Å². The molecular weight excluding hydrogens is 406 g/mol. The number of fused-ring (bicyclic) bond motifs is 1. The van der Waals surface area contributed by atoms with E-state index in [1.807, 2.05) is 27.0 Å². The van der Waals surface area contributed by atoms with Crippen LogP contribution in [-0.4, -0.2) is 29.7 Å². The molecule has 1 aromatic heterocycles. The van der Waals surface area contributed by atoms with E-state index in [1.54, 1.807) is 6.33 Å². The van der Waals surface area contributed by atoms with E-state index >= 15 is 0 Å². The van der Waals surface area contributed by atoms with Crippen LogP contribution in [0.1, 0.15) is 71.7 Å². The van der Waals surface area contributed by atoms with Gasteiger partial charge in [0.15, 0.2) is 0 Å². The molecule has 0 aliphatic carbocycles. The van der Waals surface area contributed by atoms with Gasteiger partial charge in [0.2, 0.25) is 0 Å². The number of allylic oxidation sites excluding steroid dienone is 2. The molecule has 3 N–H and O–H groups in total. The van der Waals surface area contributed by atoms with E-state index in [0.717, 1.165) is 36.5 Å². The Morgan fingerprint density at radius 3 is 2.42 bits per heavy atom. The summed E-state index contributed by atoms with van der Waals surface area (Å²) in [5.74, 6) is 0.842. The summed E-state index contributed by atoms with van der Waals surface area (Å²) in [4.78, 5) is 10.7. The fourth-order valence-electron chi connectivity index (χ4n) is 3.49. The third kappa shape index (κ3) is 9.79. The zero-order valence-corrected chi connectivity index (χ0v) is 22.1. The van der Waals surface area contributed by atoms with Gasteiger partial charge in [-0.15, -0.1) is 0 Å². The van der Waals surface area contributed by atoms with Crippen LogP contribution >= 0.6 is 0 Å². The van der Waals surface area contributed by atoms with Crippen LogP contribution in [0.2, 0.25) is 0 Å². The minimum atomic E-state index is -0.109. The van der Waals surface area contributed by atoms with Crippen molar-refractivity contribution in [2.75, 3.05) is 23.8 Å². The lowest BCUT2D eigenvalue weighted by atomic mass is 9.97. The van der Waals surface area contributed by atoms with Crippen molar-refractivity contribution in [3.63, 3.8) is 0 Å². The van der Waals surface area contributed by atoms with Crippen molar-refractivity contribution in [2.24, 2.45) is 11.1 Å². The Morgan fingerprint density at radius 2 is 1.91 bits per heavy atom. The molecule has 1 unspecified atom stereocenters. The van der Waals surface area contributed by atoms with Crippen molar-refractivity contribution in [1.82, 2.24) is 9.97 Å². The number of nitrogens with one attached hydrogen (secondary N) is 1. The van der Waals surface area contributed by atoms with E-state index in [1.165, 1.54) is 23.2 Å². The number of aromatic nitrogens is 2. The summed E-state index contributed by atoms with van der Waals surface area (Å²) in [6.07, 6.45) is 8.84. The molecule has 2 heterocycles. The van der Waals surface area contributed by atoms with Gasteiger partial charge in [0.25, 0.3) is 0 Å². The molecule has 182 valence electrons. The van der Waals surface area contributed by atoms with Crippen LogP contribution < -0.4 is 16.0 Å². The molecule has 0 bridgehead atoms. The highest BCUT2D eigenvalue weighted by atomic mass is 15.2. The van der Waals surface area contributed by atoms with Crippen LogP contribution in [0.3, 0.4) is 0 Å². The lowest BCUT2D eigenvalue weighted by molar-refractivity contribution is 0.543. The lowest BCUT2D eigenvalue weighted by Gasteiger charge is -2.27. The Kier molecular flexibility index (Phi) is 11.9. The first-order chi connectivity index (χ1) is 15.6. The molecule has 5 heteroatoms. The average Bonchev–Trinajstić information content (AvgIpc) is 3.16. The molecule has 2 aromatic rings. The molecule has 0 spiro atoms. The van der Waals surface area contributed by atoms with Gasteiger partial charge in [-0.05, 0) is 48.4 Å². The lowest BCUT2D eigenvalue weighted by Crippen LogP contribution is -2.41. The first kappa shape index (κ1) is 28.4. The molecule has 1 atom stereocenters. The second kappa shape index (κ2) is 13.8. The van der Waals surface area contributed by atoms with E-state index in [4.69, 9.17) is 5.73 Å². The Morgan fingerprint density at radius 1 is 1.24 bits per heavy atom. The van der Waals surface area contributed by atoms with Gasteiger partial charge < -0.3 is 16.0 Å². The number of rotatable bonds is 5. The maximum atomic E-state index is 6.23. The van der Waals surface area contributed by atoms with Gasteiger partial charge in [-0.25, -0.2) is 9.97 Å². The van der Waals surface area contributed by atoms with Crippen LogP contribution in [0.5, 0.6) is 0 Å². The van der Waals surface area contributed by atoms with Gasteiger partial charge in [-0.3, -0.25) is 0 Å². The normalized spacial score (nSPS) is 13.4. The predicted octanol–water partition coefficient (Wildman–Crippen LogP) is 6.36. The van der Waals surface area contributed by atoms with Crippen molar-refractivity contribution in [3.8, 4) is 0 Å². The molecule has 0 radical (unpaired) electrons. The summed E-state index contributed by atoms with van der Waals surface area (Å²) in [6, 6.07) is 8.57. The Labute approximate surface area is 202 Å². The topological polar surface area (TPSA) is 67.1 Å². The third-order valence-electron chi connectivity index (χ3n) is 4.95. The molecule has 0 amide bonds. The second-order valence-corrected chi connectivity index (χ2v) is 9.59. The summed E-state index contributed by atoms with van der Waals surface area (Å²) >= 11 is 0. The van der Waals surface area contributed by atoms with Crippen molar-refractivity contribution < 1.29 is 0 Å². The quantitative estimate of drug-likeness (QED) is 0.518. The summed E-state index contributed by atoms with van der Waals surface area (Å²) in [5, 5.41) is 3.04. The minimum absolute atomic E-state index is 0.109. The van der Waals surface area contributed by atoms with E-state index < -0.39 is 0 Å². The number of nitrogens with zero attached hydrogens (tertiary/aromatic N) is 3. The zero-order valence-electron chi connectivity index (χ0n) is 22.1. The predicted molar refractivity (Wildman–Crippen MR) is 145 cm³/mol. The van der Waals surface area contributed by atoms with E-state index in [2.05, 4.69) is 91.7 Å². The summed E-state index contributed by atoms with van der Waals surface area (Å²) in [5.41, 5.74) is 12.4. The van der Waals surface area contributed by atoms with Gasteiger partial charge in [-0.2, -0.15) is 0 Å². The number of hydrogen-bond donors (Lipinski definition) is 2. The highest BCUT2D eigenvalue weighted by molar-refractivity contribution is 5.61. The van der Waals surface area contributed by atoms with Crippen molar-refractivity contribution >= 4 is 11.5 Å². The fraction of sp³-hybridized carbons (Fsp3) is 0.500. The minimum Gasteiger partial charge on any atom is -0.373 e. The number of benzene rings is 1. The van der Waals surface area contributed by atoms with Crippen molar-refractivity contribution in [2.45, 2.75) is 73.9 Å². The van der Waals surface area contributed by atoms with E-state index in [9.17, 15) is 0 Å². The fourth-order valence-corrected chi connectivity index (χ4v) is 3.49. The van der Waals surface area contributed by atoms with Gasteiger partial charge in [0.1, 0.15) is 12.1 Å². The molecule has 0 fully saturated rings. The van der Waals surface area contributed by atoms with Gasteiger partial charge in [-0.1, -0.05) is 71.9 Å². The smallest absolute Gasteiger partial charge is 0.129 e. The maximum Gasteiger partial charge on any atom is 0.129 e. The van der Waals surface area contributed by atoms with Crippen LogP contribution in [0, 0.1) is 5.41 Å². The average molecular weight is 452 g/mol. The van der Waals surface area contributed by atoms with Crippen LogP contribution in [0.15, 0.2) is 54.9 Å². The molecule has 0 saturated carbocycles. The Hall–Kier alpha value is -2.66. The molecule has 1 aromatic carbocycles. The summed E-state index contributed by atoms with van der Waals surface area (Å²) in [7, 11) is 1.86. The summed E-state index contributed by atoms with van der Waals surface area (Å²) in [6.45, 7) is 19.8. The van der Waals surface area contributed by atoms with Crippen LogP contribution in [-0.2, 0) is 12.8 Å². The highest BCUT2D eigenvalue weighted by Gasteiger charge is 2.24. The third-order valence-corrected chi connectivity index (χ3v) is 4.95. The monoisotopic (exact) mass is 451 g/mol. The molecule has 1 aliphatic heterocycles. The van der Waals surface area contributed by atoms with E-state index in [-0.39, 0.29) is 6.17 Å². The van der Waals surface area contributed by atoms with Crippen LogP contribution in [0.25, 0.3) is 0 Å². The SMILES string of the molecule is C/C=C/C(C)(C)C.C=C(C)C(N)N1CCc2cc(Cc3cc(NC)ncn3)ccc21.CCC. The molecule has 1 aliphatic rings. The van der Waals surface area contributed by atoms with Crippen LogP contribution in [0.4, 0.5) is 11.5 Å². The zero-order chi connectivity index (χ0) is 25.0. The van der Waals surface area contributed by atoms with Gasteiger partial charge >= 0.3 is 0 Å². The maximum absolute atomic E-state index is 6.23.